The molecule has 0 bridgehead atoms. The summed E-state index contributed by atoms with van der Waals surface area (Å²) in [5.74, 6) is -0.0537. The van der Waals surface area contributed by atoms with E-state index in [2.05, 4.69) is 40.7 Å². The predicted molar refractivity (Wildman–Crippen MR) is 211 cm³/mol. The molecule has 5 aromatic rings. The van der Waals surface area contributed by atoms with Crippen molar-refractivity contribution in [3.8, 4) is 11.3 Å². The highest BCUT2D eigenvalue weighted by Crippen LogP contribution is 2.36. The van der Waals surface area contributed by atoms with Gasteiger partial charge in [0.1, 0.15) is 0 Å². The Balaban J connectivity index is 1.32. The van der Waals surface area contributed by atoms with Crippen LogP contribution in [0.3, 0.4) is 0 Å². The van der Waals surface area contributed by atoms with Crippen LogP contribution in [0.4, 0.5) is 5.69 Å². The maximum Gasteiger partial charge on any atom is 0.259 e. The Hall–Kier alpha value is -5.47. The molecular formula is C45H49N5O3. The van der Waals surface area contributed by atoms with Gasteiger partial charge in [0.15, 0.2) is 0 Å². The molecule has 2 aliphatic heterocycles. The predicted octanol–water partition coefficient (Wildman–Crippen LogP) is 7.02. The van der Waals surface area contributed by atoms with Gasteiger partial charge in [0.25, 0.3) is 11.8 Å². The number of rotatable bonds is 9. The fourth-order valence-electron chi connectivity index (χ4n) is 7.82. The van der Waals surface area contributed by atoms with Crippen LogP contribution >= 0.6 is 0 Å². The van der Waals surface area contributed by atoms with Gasteiger partial charge in [-0.15, -0.1) is 0 Å². The van der Waals surface area contributed by atoms with Crippen LogP contribution in [0.1, 0.15) is 61.2 Å². The number of para-hydroxylation sites is 1. The minimum absolute atomic E-state index is 0.00385. The average molecular weight is 708 g/mol. The molecule has 3 heterocycles. The number of hydrogen-bond acceptors (Lipinski definition) is 4. The van der Waals surface area contributed by atoms with Crippen LogP contribution < -0.4 is 4.90 Å². The van der Waals surface area contributed by atoms with Gasteiger partial charge in [0.2, 0.25) is 5.91 Å². The van der Waals surface area contributed by atoms with Crippen molar-refractivity contribution in [2.75, 3.05) is 39.1 Å². The molecule has 8 nitrogen and oxygen atoms in total. The van der Waals surface area contributed by atoms with E-state index in [1.165, 1.54) is 5.56 Å². The highest BCUT2D eigenvalue weighted by molar-refractivity contribution is 6.08. The molecule has 0 saturated heterocycles. The number of amides is 3. The Morgan fingerprint density at radius 3 is 2.15 bits per heavy atom. The summed E-state index contributed by atoms with van der Waals surface area (Å²) in [6.45, 7) is 7.12. The average Bonchev–Trinajstić information content (AvgIpc) is 3.51. The monoisotopic (exact) mass is 707 g/mol. The number of aromatic nitrogens is 1. The Labute approximate surface area is 313 Å². The Kier molecular flexibility index (Phi) is 10.3. The van der Waals surface area contributed by atoms with E-state index in [4.69, 9.17) is 0 Å². The zero-order chi connectivity index (χ0) is 37.2. The molecule has 0 fully saturated rings. The number of benzene rings is 4. The fourth-order valence-corrected chi connectivity index (χ4v) is 7.82. The van der Waals surface area contributed by atoms with E-state index < -0.39 is 0 Å². The molecular weight excluding hydrogens is 659 g/mol. The first-order valence-electron chi connectivity index (χ1n) is 18.6. The topological polar surface area (TPSA) is 69.1 Å². The lowest BCUT2D eigenvalue weighted by Gasteiger charge is -2.36. The Morgan fingerprint density at radius 2 is 1.43 bits per heavy atom. The summed E-state index contributed by atoms with van der Waals surface area (Å²) in [4.78, 5) is 50.4. The van der Waals surface area contributed by atoms with E-state index in [1.807, 2.05) is 117 Å². The second-order valence-electron chi connectivity index (χ2n) is 14.8. The van der Waals surface area contributed by atoms with Crippen molar-refractivity contribution in [1.82, 2.24) is 19.3 Å². The number of likely N-dealkylation sites (N-methyl/N-ethyl adjacent to an activating group) is 1. The second-order valence-corrected chi connectivity index (χ2v) is 14.8. The third-order valence-corrected chi connectivity index (χ3v) is 11.0. The fraction of sp³-hybridized carbons (Fsp3) is 0.311. The summed E-state index contributed by atoms with van der Waals surface area (Å²) in [5, 5.41) is 0. The molecule has 272 valence electrons. The van der Waals surface area contributed by atoms with Crippen molar-refractivity contribution in [3.05, 3.63) is 148 Å². The molecule has 0 aliphatic carbocycles. The zero-order valence-corrected chi connectivity index (χ0v) is 31.5. The van der Waals surface area contributed by atoms with Crippen molar-refractivity contribution >= 4 is 23.4 Å². The molecule has 3 amide bonds. The molecule has 2 aliphatic rings. The summed E-state index contributed by atoms with van der Waals surface area (Å²) in [6.07, 6.45) is 1.81. The van der Waals surface area contributed by atoms with E-state index in [0.717, 1.165) is 57.9 Å². The summed E-state index contributed by atoms with van der Waals surface area (Å²) in [6, 6.07) is 34.1. The maximum absolute atomic E-state index is 15.0. The highest BCUT2D eigenvalue weighted by Gasteiger charge is 2.33. The van der Waals surface area contributed by atoms with Gasteiger partial charge < -0.3 is 24.2 Å². The quantitative estimate of drug-likeness (QED) is 0.165. The number of hydrogen-bond donors (Lipinski definition) is 0. The van der Waals surface area contributed by atoms with Crippen LogP contribution in [0.15, 0.2) is 103 Å². The lowest BCUT2D eigenvalue weighted by Crippen LogP contribution is -2.43. The molecule has 0 unspecified atom stereocenters. The third kappa shape index (κ3) is 7.42. The van der Waals surface area contributed by atoms with E-state index in [9.17, 15) is 9.59 Å². The molecule has 4 aromatic carbocycles. The van der Waals surface area contributed by atoms with Gasteiger partial charge in [-0.3, -0.25) is 14.4 Å². The van der Waals surface area contributed by atoms with Gasteiger partial charge in [-0.2, -0.15) is 0 Å². The molecule has 0 spiro atoms. The summed E-state index contributed by atoms with van der Waals surface area (Å²) < 4.78 is 2.21. The third-order valence-electron chi connectivity index (χ3n) is 11.0. The second kappa shape index (κ2) is 15.2. The van der Waals surface area contributed by atoms with Crippen molar-refractivity contribution in [2.45, 2.75) is 58.8 Å². The minimum atomic E-state index is -0.0989. The lowest BCUT2D eigenvalue weighted by molar-refractivity contribution is -0.131. The van der Waals surface area contributed by atoms with E-state index >= 15 is 4.79 Å². The molecule has 1 atom stereocenters. The van der Waals surface area contributed by atoms with Gasteiger partial charge in [0.05, 0.1) is 12.0 Å². The number of anilines is 1. The van der Waals surface area contributed by atoms with Crippen molar-refractivity contribution in [3.63, 3.8) is 0 Å². The van der Waals surface area contributed by atoms with Crippen LogP contribution in [0.25, 0.3) is 11.3 Å². The summed E-state index contributed by atoms with van der Waals surface area (Å²) >= 11 is 0. The van der Waals surface area contributed by atoms with Gasteiger partial charge in [0, 0.05) is 74.0 Å². The Bertz CT molecular complexity index is 2140. The normalized spacial score (nSPS) is 15.2. The van der Waals surface area contributed by atoms with E-state index in [-0.39, 0.29) is 23.8 Å². The van der Waals surface area contributed by atoms with E-state index in [1.54, 1.807) is 4.90 Å². The number of carbonyl (C=O) groups is 3. The van der Waals surface area contributed by atoms with Crippen LogP contribution in [0, 0.1) is 6.92 Å². The smallest absolute Gasteiger partial charge is 0.259 e. The maximum atomic E-state index is 15.0. The van der Waals surface area contributed by atoms with Gasteiger partial charge in [-0.1, -0.05) is 72.8 Å². The van der Waals surface area contributed by atoms with Crippen molar-refractivity contribution in [1.29, 1.82) is 0 Å². The molecule has 7 rings (SSSR count). The minimum Gasteiger partial charge on any atom is -0.343 e. The van der Waals surface area contributed by atoms with Gasteiger partial charge in [-0.25, -0.2) is 0 Å². The first-order chi connectivity index (χ1) is 25.6. The standard InChI is InChI=1S/C45H49N5O3/c1-31-24-34-16-12-13-17-36(34)30-50(31)45(53)41-27-37-29-48(43(51)25-33-14-8-6-9-15-33)21-20-35(37)26-40(41)42-28-39(32(2)49(42)23-22-46(3)4)44(52)47(5)38-18-10-7-11-19-38/h6-19,26-28,31H,20-25,29-30H2,1-5H3/t31-/m1/s1. The number of carbonyl (C=O) groups excluding carboxylic acids is 3. The molecule has 0 N–H and O–H groups in total. The molecule has 1 aromatic heterocycles. The summed E-state index contributed by atoms with van der Waals surface area (Å²) in [5.41, 5.74) is 10.1. The number of fused-ring (bicyclic) bond motifs is 2. The first-order valence-corrected chi connectivity index (χ1v) is 18.6. The van der Waals surface area contributed by atoms with Crippen LogP contribution in [0.5, 0.6) is 0 Å². The first kappa shape index (κ1) is 35.9. The van der Waals surface area contributed by atoms with Crippen molar-refractivity contribution < 1.29 is 14.4 Å². The van der Waals surface area contributed by atoms with E-state index in [0.29, 0.717) is 50.1 Å². The number of nitrogens with zero attached hydrogens (tertiary/aromatic N) is 5. The van der Waals surface area contributed by atoms with Crippen LogP contribution in [-0.2, 0) is 43.7 Å². The van der Waals surface area contributed by atoms with Crippen molar-refractivity contribution in [2.24, 2.45) is 0 Å². The largest absolute Gasteiger partial charge is 0.343 e. The highest BCUT2D eigenvalue weighted by atomic mass is 16.2. The van der Waals surface area contributed by atoms with Gasteiger partial charge in [-0.05, 0) is 98.9 Å². The molecule has 0 saturated carbocycles. The molecule has 8 heteroatoms. The Morgan fingerprint density at radius 1 is 0.755 bits per heavy atom. The SMILES string of the molecule is Cc1c(C(=O)N(C)c2ccccc2)cc(-c2cc3c(cc2C(=O)N2Cc4ccccc4C[C@H]2C)CN(C(=O)Cc2ccccc2)CC3)n1CCN(C)C. The van der Waals surface area contributed by atoms with Crippen LogP contribution in [-0.4, -0.2) is 77.3 Å². The van der Waals surface area contributed by atoms with Gasteiger partial charge >= 0.3 is 0 Å². The zero-order valence-electron chi connectivity index (χ0n) is 31.5. The van der Waals surface area contributed by atoms with Crippen LogP contribution in [0.2, 0.25) is 0 Å². The molecule has 0 radical (unpaired) electrons. The summed E-state index contributed by atoms with van der Waals surface area (Å²) in [7, 11) is 5.90. The lowest BCUT2D eigenvalue weighted by atomic mass is 9.89. The molecule has 53 heavy (non-hydrogen) atoms.